The van der Waals surface area contributed by atoms with E-state index in [1.807, 2.05) is 0 Å². The standard InChI is InChI=1S/C6H10N2O.ClH/c1-2-3-4-6-8-7-5-9-6;/h5H,2-4H2,1H3;1H. The van der Waals surface area contributed by atoms with Crippen LogP contribution in [0, 0.1) is 0 Å². The summed E-state index contributed by atoms with van der Waals surface area (Å²) in [5.74, 6) is 0.747. The molecule has 58 valence electrons. The Labute approximate surface area is 66.2 Å². The third-order valence-corrected chi connectivity index (χ3v) is 1.15. The van der Waals surface area contributed by atoms with Crippen LogP contribution >= 0.6 is 12.4 Å². The van der Waals surface area contributed by atoms with E-state index < -0.39 is 0 Å². The zero-order valence-electron chi connectivity index (χ0n) is 5.91. The van der Waals surface area contributed by atoms with Crippen LogP contribution in [0.1, 0.15) is 25.7 Å². The molecule has 1 aromatic rings. The number of unbranched alkanes of at least 4 members (excludes halogenated alkanes) is 1. The molecule has 3 nitrogen and oxygen atoms in total. The summed E-state index contributed by atoms with van der Waals surface area (Å²) in [6, 6.07) is 0. The molecule has 0 fully saturated rings. The van der Waals surface area contributed by atoms with E-state index in [2.05, 4.69) is 17.1 Å². The summed E-state index contributed by atoms with van der Waals surface area (Å²) in [7, 11) is 0. The number of aryl methyl sites for hydroxylation is 1. The molecule has 0 aromatic carbocycles. The van der Waals surface area contributed by atoms with Crippen molar-refractivity contribution < 1.29 is 4.42 Å². The smallest absolute Gasteiger partial charge is 0.216 e. The predicted molar refractivity (Wildman–Crippen MR) is 40.2 cm³/mol. The number of hydrogen-bond acceptors (Lipinski definition) is 3. The van der Waals surface area contributed by atoms with Gasteiger partial charge in [0.25, 0.3) is 0 Å². The maximum Gasteiger partial charge on any atom is 0.216 e. The van der Waals surface area contributed by atoms with Gasteiger partial charge in [-0.25, -0.2) is 0 Å². The number of hydrogen-bond donors (Lipinski definition) is 0. The van der Waals surface area contributed by atoms with Crippen molar-refractivity contribution in [2.75, 3.05) is 0 Å². The maximum absolute atomic E-state index is 4.91. The molecule has 1 heterocycles. The number of aromatic nitrogens is 2. The van der Waals surface area contributed by atoms with E-state index in [0.29, 0.717) is 0 Å². The molecule has 1 aromatic heterocycles. The van der Waals surface area contributed by atoms with E-state index in [-0.39, 0.29) is 12.4 Å². The first-order chi connectivity index (χ1) is 4.43. The minimum Gasteiger partial charge on any atom is -0.428 e. The summed E-state index contributed by atoms with van der Waals surface area (Å²) in [5, 5.41) is 7.30. The zero-order chi connectivity index (χ0) is 6.53. The Morgan fingerprint density at radius 1 is 1.60 bits per heavy atom. The lowest BCUT2D eigenvalue weighted by Crippen LogP contribution is -1.83. The minimum absolute atomic E-state index is 0. The van der Waals surface area contributed by atoms with Gasteiger partial charge >= 0.3 is 0 Å². The largest absolute Gasteiger partial charge is 0.428 e. The van der Waals surface area contributed by atoms with Crippen molar-refractivity contribution in [1.29, 1.82) is 0 Å². The van der Waals surface area contributed by atoms with Gasteiger partial charge in [0.2, 0.25) is 12.3 Å². The van der Waals surface area contributed by atoms with E-state index in [0.717, 1.165) is 18.7 Å². The quantitative estimate of drug-likeness (QED) is 0.681. The van der Waals surface area contributed by atoms with Gasteiger partial charge in [-0.3, -0.25) is 0 Å². The van der Waals surface area contributed by atoms with Gasteiger partial charge in [-0.2, -0.15) is 0 Å². The molecule has 0 unspecified atom stereocenters. The molecule has 0 aliphatic carbocycles. The van der Waals surface area contributed by atoms with Crippen molar-refractivity contribution in [3.05, 3.63) is 12.3 Å². The van der Waals surface area contributed by atoms with E-state index in [1.54, 1.807) is 0 Å². The van der Waals surface area contributed by atoms with E-state index in [9.17, 15) is 0 Å². The van der Waals surface area contributed by atoms with Gasteiger partial charge in [0.15, 0.2) is 0 Å². The fraction of sp³-hybridized carbons (Fsp3) is 0.667. The van der Waals surface area contributed by atoms with Crippen LogP contribution in [0.4, 0.5) is 0 Å². The molecule has 0 saturated heterocycles. The van der Waals surface area contributed by atoms with Crippen molar-refractivity contribution in [3.8, 4) is 0 Å². The molecule has 0 spiro atoms. The lowest BCUT2D eigenvalue weighted by Gasteiger charge is -1.87. The fourth-order valence-electron chi connectivity index (χ4n) is 0.633. The second-order valence-corrected chi connectivity index (χ2v) is 1.94. The van der Waals surface area contributed by atoms with Gasteiger partial charge in [0.05, 0.1) is 0 Å². The highest BCUT2D eigenvalue weighted by molar-refractivity contribution is 5.85. The van der Waals surface area contributed by atoms with Crippen LogP contribution in [-0.4, -0.2) is 10.2 Å². The number of rotatable bonds is 3. The van der Waals surface area contributed by atoms with E-state index in [1.165, 1.54) is 12.8 Å². The zero-order valence-corrected chi connectivity index (χ0v) is 6.73. The average molecular weight is 163 g/mol. The van der Waals surface area contributed by atoms with Crippen LogP contribution in [0.25, 0.3) is 0 Å². The van der Waals surface area contributed by atoms with Gasteiger partial charge in [-0.15, -0.1) is 22.6 Å². The van der Waals surface area contributed by atoms with Crippen LogP contribution in [-0.2, 0) is 6.42 Å². The summed E-state index contributed by atoms with van der Waals surface area (Å²) >= 11 is 0. The van der Waals surface area contributed by atoms with Gasteiger partial charge in [0, 0.05) is 6.42 Å². The normalized spacial score (nSPS) is 8.90. The Hall–Kier alpha value is -0.570. The second kappa shape index (κ2) is 5.23. The molecule has 0 N–H and O–H groups in total. The molecular weight excluding hydrogens is 152 g/mol. The Bertz CT molecular complexity index is 153. The maximum atomic E-state index is 4.91. The molecule has 4 heteroatoms. The third kappa shape index (κ3) is 2.82. The van der Waals surface area contributed by atoms with Crippen LogP contribution in [0.2, 0.25) is 0 Å². The average Bonchev–Trinajstić information content (AvgIpc) is 2.34. The van der Waals surface area contributed by atoms with Crippen molar-refractivity contribution in [2.24, 2.45) is 0 Å². The Kier molecular flexibility index (Phi) is 4.94. The Balaban J connectivity index is 0.000000810. The molecule has 0 radical (unpaired) electrons. The lowest BCUT2D eigenvalue weighted by atomic mass is 10.2. The highest BCUT2D eigenvalue weighted by Gasteiger charge is 1.94. The van der Waals surface area contributed by atoms with Gasteiger partial charge in [-0.1, -0.05) is 13.3 Å². The Morgan fingerprint density at radius 2 is 2.40 bits per heavy atom. The lowest BCUT2D eigenvalue weighted by molar-refractivity contribution is 0.484. The third-order valence-electron chi connectivity index (χ3n) is 1.15. The predicted octanol–water partition coefficient (Wildman–Crippen LogP) is 1.83. The van der Waals surface area contributed by atoms with E-state index >= 15 is 0 Å². The summed E-state index contributed by atoms with van der Waals surface area (Å²) in [5.41, 5.74) is 0. The topological polar surface area (TPSA) is 38.9 Å². The minimum atomic E-state index is 0. The van der Waals surface area contributed by atoms with E-state index in [4.69, 9.17) is 4.42 Å². The van der Waals surface area contributed by atoms with Crippen LogP contribution < -0.4 is 0 Å². The highest BCUT2D eigenvalue weighted by Crippen LogP contribution is 1.98. The first-order valence-corrected chi connectivity index (χ1v) is 3.18. The molecular formula is C6H11ClN2O. The van der Waals surface area contributed by atoms with Crippen LogP contribution in [0.15, 0.2) is 10.8 Å². The highest BCUT2D eigenvalue weighted by atomic mass is 35.5. The molecule has 1 rings (SSSR count). The van der Waals surface area contributed by atoms with Crippen molar-refractivity contribution in [3.63, 3.8) is 0 Å². The monoisotopic (exact) mass is 162 g/mol. The number of nitrogens with zero attached hydrogens (tertiary/aromatic N) is 2. The Morgan fingerprint density at radius 3 is 2.90 bits per heavy atom. The molecule has 0 saturated carbocycles. The molecule has 10 heavy (non-hydrogen) atoms. The van der Waals surface area contributed by atoms with Crippen molar-refractivity contribution >= 4 is 12.4 Å². The van der Waals surface area contributed by atoms with Crippen molar-refractivity contribution in [2.45, 2.75) is 26.2 Å². The molecule has 0 bridgehead atoms. The second-order valence-electron chi connectivity index (χ2n) is 1.94. The van der Waals surface area contributed by atoms with Crippen LogP contribution in [0.5, 0.6) is 0 Å². The van der Waals surface area contributed by atoms with Crippen molar-refractivity contribution in [1.82, 2.24) is 10.2 Å². The summed E-state index contributed by atoms with van der Waals surface area (Å²) in [6.45, 7) is 2.14. The van der Waals surface area contributed by atoms with Gasteiger partial charge in [0.1, 0.15) is 0 Å². The first kappa shape index (κ1) is 9.43. The number of halogens is 1. The molecule has 0 atom stereocenters. The first-order valence-electron chi connectivity index (χ1n) is 3.18. The van der Waals surface area contributed by atoms with Gasteiger partial charge < -0.3 is 4.42 Å². The summed E-state index contributed by atoms with van der Waals surface area (Å²) < 4.78 is 4.91. The summed E-state index contributed by atoms with van der Waals surface area (Å²) in [6.07, 6.45) is 4.58. The van der Waals surface area contributed by atoms with Gasteiger partial charge in [-0.05, 0) is 6.42 Å². The molecule has 0 aliphatic rings. The fourth-order valence-corrected chi connectivity index (χ4v) is 0.633. The van der Waals surface area contributed by atoms with Crippen LogP contribution in [0.3, 0.4) is 0 Å². The SMILES string of the molecule is CCCCc1nnco1.Cl. The molecule has 0 aliphatic heterocycles. The molecule has 0 amide bonds. The summed E-state index contributed by atoms with van der Waals surface area (Å²) in [4.78, 5) is 0.